The van der Waals surface area contributed by atoms with Gasteiger partial charge in [-0.2, -0.15) is 0 Å². The average molecular weight is 401 g/mol. The van der Waals surface area contributed by atoms with E-state index in [4.69, 9.17) is 11.6 Å². The van der Waals surface area contributed by atoms with Gasteiger partial charge >= 0.3 is 0 Å². The van der Waals surface area contributed by atoms with Crippen LogP contribution in [0.4, 0.5) is 0 Å². The lowest BCUT2D eigenvalue weighted by molar-refractivity contribution is -0.145. The number of rotatable bonds is 6. The normalized spacial score (nSPS) is 28.8. The molecule has 5 atom stereocenters. The zero-order chi connectivity index (χ0) is 20.0. The van der Waals surface area contributed by atoms with E-state index in [1.165, 1.54) is 4.90 Å². The van der Waals surface area contributed by atoms with Gasteiger partial charge in [0.25, 0.3) is 0 Å². The van der Waals surface area contributed by atoms with Crippen molar-refractivity contribution in [2.45, 2.75) is 32.7 Å². The third-order valence-electron chi connectivity index (χ3n) is 6.56. The van der Waals surface area contributed by atoms with Crippen LogP contribution in [-0.2, 0) is 14.4 Å². The highest BCUT2D eigenvalue weighted by Gasteiger charge is 2.60. The molecule has 6 heteroatoms. The Hall–Kier alpha value is -2.14. The quantitative estimate of drug-likeness (QED) is 0.543. The molecule has 0 spiro atoms. The fourth-order valence-corrected chi connectivity index (χ4v) is 5.27. The van der Waals surface area contributed by atoms with Crippen molar-refractivity contribution in [2.75, 3.05) is 13.1 Å². The van der Waals surface area contributed by atoms with Crippen LogP contribution in [0.15, 0.2) is 36.4 Å². The molecule has 5 nitrogen and oxygen atoms in total. The van der Waals surface area contributed by atoms with Crippen molar-refractivity contribution in [2.24, 2.45) is 23.7 Å². The van der Waals surface area contributed by atoms with Gasteiger partial charge in [0.2, 0.25) is 17.7 Å². The Morgan fingerprint density at radius 3 is 2.11 bits per heavy atom. The van der Waals surface area contributed by atoms with E-state index in [9.17, 15) is 14.4 Å². The van der Waals surface area contributed by atoms with Crippen LogP contribution in [0.5, 0.6) is 0 Å². The highest BCUT2D eigenvalue weighted by Crippen LogP contribution is 2.54. The molecule has 1 heterocycles. The summed E-state index contributed by atoms with van der Waals surface area (Å²) in [5.41, 5.74) is 0.770. The van der Waals surface area contributed by atoms with E-state index in [2.05, 4.69) is 12.2 Å². The summed E-state index contributed by atoms with van der Waals surface area (Å²) in [7, 11) is 0. The molecular formula is C22H25ClN2O3. The summed E-state index contributed by atoms with van der Waals surface area (Å²) >= 11 is 6.03. The van der Waals surface area contributed by atoms with Gasteiger partial charge in [-0.1, -0.05) is 35.9 Å². The van der Waals surface area contributed by atoms with Crippen molar-refractivity contribution in [3.8, 4) is 0 Å². The molecule has 28 heavy (non-hydrogen) atoms. The van der Waals surface area contributed by atoms with Crippen molar-refractivity contribution >= 4 is 29.3 Å². The zero-order valence-electron chi connectivity index (χ0n) is 16.2. The summed E-state index contributed by atoms with van der Waals surface area (Å²) in [5, 5.41) is 0.579. The number of carbonyl (C=O) groups is 3. The van der Waals surface area contributed by atoms with E-state index in [1.54, 1.807) is 17.0 Å². The van der Waals surface area contributed by atoms with Gasteiger partial charge in [-0.3, -0.25) is 19.3 Å². The van der Waals surface area contributed by atoms with E-state index in [0.717, 1.165) is 12.0 Å². The van der Waals surface area contributed by atoms with Gasteiger partial charge in [0.05, 0.1) is 24.3 Å². The lowest BCUT2D eigenvalue weighted by atomic mass is 9.85. The Morgan fingerprint density at radius 1 is 1.07 bits per heavy atom. The summed E-state index contributed by atoms with van der Waals surface area (Å²) in [6.45, 7) is 5.06. The van der Waals surface area contributed by atoms with Crippen molar-refractivity contribution in [1.82, 2.24) is 9.80 Å². The first-order valence-electron chi connectivity index (χ1n) is 10.0. The first kappa shape index (κ1) is 19.2. The molecule has 0 radical (unpaired) electrons. The largest absolute Gasteiger partial charge is 0.343 e. The van der Waals surface area contributed by atoms with Crippen LogP contribution in [0.2, 0.25) is 5.02 Å². The third-order valence-corrected chi connectivity index (χ3v) is 6.81. The zero-order valence-corrected chi connectivity index (χ0v) is 16.9. The highest BCUT2D eigenvalue weighted by molar-refractivity contribution is 6.30. The Labute approximate surface area is 170 Å². The first-order chi connectivity index (χ1) is 13.5. The van der Waals surface area contributed by atoms with E-state index in [0.29, 0.717) is 18.1 Å². The summed E-state index contributed by atoms with van der Waals surface area (Å²) in [5.74, 6) is -0.523. The molecule has 5 unspecified atom stereocenters. The molecule has 2 aliphatic carbocycles. The third kappa shape index (κ3) is 2.96. The molecule has 1 saturated carbocycles. The maximum Gasteiger partial charge on any atom is 0.234 e. The van der Waals surface area contributed by atoms with Gasteiger partial charge in [-0.25, -0.2) is 0 Å². The monoisotopic (exact) mass is 400 g/mol. The van der Waals surface area contributed by atoms with Crippen molar-refractivity contribution in [1.29, 1.82) is 0 Å². The number of hydrogen-bond donors (Lipinski definition) is 0. The number of fused-ring (bicyclic) bond motifs is 5. The molecule has 1 aliphatic heterocycles. The second-order valence-electron chi connectivity index (χ2n) is 7.88. The Kier molecular flexibility index (Phi) is 5.04. The second-order valence-corrected chi connectivity index (χ2v) is 8.32. The molecule has 2 bridgehead atoms. The lowest BCUT2D eigenvalue weighted by Gasteiger charge is -2.30. The average Bonchev–Trinajstić information content (AvgIpc) is 3.36. The van der Waals surface area contributed by atoms with Crippen LogP contribution < -0.4 is 0 Å². The number of imide groups is 1. The molecule has 0 aromatic heterocycles. The Morgan fingerprint density at radius 2 is 1.61 bits per heavy atom. The lowest BCUT2D eigenvalue weighted by Crippen LogP contribution is -2.40. The van der Waals surface area contributed by atoms with Crippen LogP contribution in [-0.4, -0.2) is 40.6 Å². The number of halogens is 1. The van der Waals surface area contributed by atoms with E-state index in [1.807, 2.05) is 26.0 Å². The molecule has 3 amide bonds. The van der Waals surface area contributed by atoms with E-state index < -0.39 is 6.04 Å². The number of likely N-dealkylation sites (tertiary alicyclic amines) is 1. The standard InChI is InChI=1S/C22H25ClN2O3/c1-3-24(4-2)18(26)12-17(13-7-9-16(23)10-8-13)25-21(27)19-14-5-6-15(11-14)20(19)22(25)28/h5-10,14-15,17,19-20H,3-4,11-12H2,1-2H3. The van der Waals surface area contributed by atoms with Gasteiger partial charge in [0.1, 0.15) is 0 Å². The smallest absolute Gasteiger partial charge is 0.234 e. The summed E-state index contributed by atoms with van der Waals surface area (Å²) in [4.78, 5) is 42.5. The molecule has 1 aromatic rings. The van der Waals surface area contributed by atoms with Crippen LogP contribution in [0.25, 0.3) is 0 Å². The maximum atomic E-state index is 13.3. The SMILES string of the molecule is CCN(CC)C(=O)CC(c1ccc(Cl)cc1)N1C(=O)C2C3C=CC(C3)C2C1=O. The Bertz CT molecular complexity index is 801. The molecule has 1 saturated heterocycles. The van der Waals surface area contributed by atoms with E-state index in [-0.39, 0.29) is 47.8 Å². The number of benzene rings is 1. The molecule has 0 N–H and O–H groups in total. The Balaban J connectivity index is 1.67. The minimum absolute atomic E-state index is 0.0521. The van der Waals surface area contributed by atoms with Gasteiger partial charge in [0.15, 0.2) is 0 Å². The number of amides is 3. The molecule has 1 aromatic carbocycles. The fraction of sp³-hybridized carbons (Fsp3) is 0.500. The van der Waals surface area contributed by atoms with Crippen LogP contribution in [0, 0.1) is 23.7 Å². The predicted octanol–water partition coefficient (Wildman–Crippen LogP) is 3.45. The molecule has 2 fully saturated rings. The first-order valence-corrected chi connectivity index (χ1v) is 10.4. The number of carbonyl (C=O) groups excluding carboxylic acids is 3. The molecular weight excluding hydrogens is 376 g/mol. The number of nitrogens with zero attached hydrogens (tertiary/aromatic N) is 2. The van der Waals surface area contributed by atoms with Crippen molar-refractivity contribution in [3.05, 3.63) is 47.0 Å². The van der Waals surface area contributed by atoms with E-state index >= 15 is 0 Å². The highest BCUT2D eigenvalue weighted by atomic mass is 35.5. The van der Waals surface area contributed by atoms with Gasteiger partial charge in [0, 0.05) is 18.1 Å². The van der Waals surface area contributed by atoms with Gasteiger partial charge < -0.3 is 4.90 Å². The van der Waals surface area contributed by atoms with Crippen LogP contribution in [0.3, 0.4) is 0 Å². The molecule has 3 aliphatic rings. The molecule has 148 valence electrons. The number of allylic oxidation sites excluding steroid dienone is 2. The number of hydrogen-bond acceptors (Lipinski definition) is 3. The summed E-state index contributed by atoms with van der Waals surface area (Å²) in [6.07, 6.45) is 5.16. The van der Waals surface area contributed by atoms with Gasteiger partial charge in [-0.05, 0) is 49.8 Å². The van der Waals surface area contributed by atoms with Crippen molar-refractivity contribution in [3.63, 3.8) is 0 Å². The minimum atomic E-state index is -0.588. The molecule has 4 rings (SSSR count). The van der Waals surface area contributed by atoms with Gasteiger partial charge in [-0.15, -0.1) is 0 Å². The topological polar surface area (TPSA) is 57.7 Å². The van der Waals surface area contributed by atoms with Crippen LogP contribution >= 0.6 is 11.6 Å². The summed E-state index contributed by atoms with van der Waals surface area (Å²) in [6, 6.07) is 6.51. The minimum Gasteiger partial charge on any atom is -0.343 e. The summed E-state index contributed by atoms with van der Waals surface area (Å²) < 4.78 is 0. The predicted molar refractivity (Wildman–Crippen MR) is 106 cm³/mol. The maximum absolute atomic E-state index is 13.3. The second kappa shape index (κ2) is 7.36. The van der Waals surface area contributed by atoms with Crippen LogP contribution in [0.1, 0.15) is 38.3 Å². The fourth-order valence-electron chi connectivity index (χ4n) is 5.15. The van der Waals surface area contributed by atoms with Crippen molar-refractivity contribution < 1.29 is 14.4 Å².